The number of rotatable bonds is 4. The summed E-state index contributed by atoms with van der Waals surface area (Å²) in [6.07, 6.45) is 3.59. The molecule has 1 atom stereocenters. The molecule has 0 aromatic carbocycles. The number of carboxylic acids is 1. The van der Waals surface area contributed by atoms with Crippen LogP contribution in [0.2, 0.25) is 0 Å². The molecular weight excluding hydrogens is 236 g/mol. The van der Waals surface area contributed by atoms with E-state index in [-0.39, 0.29) is 12.5 Å². The zero-order chi connectivity index (χ0) is 12.3. The van der Waals surface area contributed by atoms with Gasteiger partial charge in [0.2, 0.25) is 0 Å². The number of carboxylic acid groups (broad SMARTS) is 1. The lowest BCUT2D eigenvalue weighted by Crippen LogP contribution is -2.40. The molecule has 1 aromatic heterocycles. The first kappa shape index (κ1) is 12.5. The molecule has 5 heteroatoms. The number of aliphatic carboxylic acids is 1. The second-order valence-corrected chi connectivity index (χ2v) is 5.52. The van der Waals surface area contributed by atoms with E-state index < -0.39 is 5.97 Å². The second kappa shape index (κ2) is 5.60. The van der Waals surface area contributed by atoms with E-state index >= 15 is 0 Å². The Morgan fingerprint density at radius 3 is 3.12 bits per heavy atom. The molecule has 1 aliphatic rings. The van der Waals surface area contributed by atoms with E-state index in [1.54, 1.807) is 11.3 Å². The van der Waals surface area contributed by atoms with Crippen LogP contribution in [0.4, 0.5) is 0 Å². The Labute approximate surface area is 105 Å². The van der Waals surface area contributed by atoms with Crippen LogP contribution in [0.15, 0.2) is 5.51 Å². The highest BCUT2D eigenvalue weighted by Crippen LogP contribution is 2.24. The third-order valence-electron chi connectivity index (χ3n) is 3.35. The molecule has 1 unspecified atom stereocenters. The molecule has 1 aromatic rings. The fraction of sp³-hybridized carbons (Fsp3) is 0.667. The highest BCUT2D eigenvalue weighted by Gasteiger charge is 2.25. The summed E-state index contributed by atoms with van der Waals surface area (Å²) in [5.74, 6) is -0.692. The maximum Gasteiger partial charge on any atom is 0.304 e. The SMILES string of the molecule is Cc1ncsc1CN1CCCCC1CC(=O)O. The van der Waals surface area contributed by atoms with Crippen LogP contribution in [-0.4, -0.2) is 33.5 Å². The minimum Gasteiger partial charge on any atom is -0.481 e. The van der Waals surface area contributed by atoms with Crippen molar-refractivity contribution in [2.45, 2.75) is 45.2 Å². The maximum absolute atomic E-state index is 10.8. The van der Waals surface area contributed by atoms with Crippen LogP contribution in [0.5, 0.6) is 0 Å². The van der Waals surface area contributed by atoms with Crippen molar-refractivity contribution in [1.82, 2.24) is 9.88 Å². The molecule has 0 spiro atoms. The quantitative estimate of drug-likeness (QED) is 0.895. The van der Waals surface area contributed by atoms with Crippen LogP contribution < -0.4 is 0 Å². The zero-order valence-electron chi connectivity index (χ0n) is 10.1. The number of likely N-dealkylation sites (tertiary alicyclic amines) is 1. The summed E-state index contributed by atoms with van der Waals surface area (Å²) in [5.41, 5.74) is 2.94. The predicted molar refractivity (Wildman–Crippen MR) is 67.2 cm³/mol. The summed E-state index contributed by atoms with van der Waals surface area (Å²) in [6.45, 7) is 3.88. The van der Waals surface area contributed by atoms with Gasteiger partial charge in [-0.15, -0.1) is 11.3 Å². The Morgan fingerprint density at radius 1 is 1.65 bits per heavy atom. The lowest BCUT2D eigenvalue weighted by Gasteiger charge is -2.34. The topological polar surface area (TPSA) is 53.4 Å². The third kappa shape index (κ3) is 3.26. The van der Waals surface area contributed by atoms with Gasteiger partial charge >= 0.3 is 5.97 Å². The fourth-order valence-corrected chi connectivity index (χ4v) is 3.17. The van der Waals surface area contributed by atoms with E-state index in [4.69, 9.17) is 5.11 Å². The van der Waals surface area contributed by atoms with Gasteiger partial charge in [-0.25, -0.2) is 4.98 Å². The number of hydrogen-bond donors (Lipinski definition) is 1. The van der Waals surface area contributed by atoms with Gasteiger partial charge in [0, 0.05) is 17.5 Å². The van der Waals surface area contributed by atoms with Crippen LogP contribution in [0.25, 0.3) is 0 Å². The number of carbonyl (C=O) groups is 1. The molecule has 1 saturated heterocycles. The molecule has 2 rings (SSSR count). The Morgan fingerprint density at radius 2 is 2.47 bits per heavy atom. The molecule has 94 valence electrons. The molecule has 2 heterocycles. The van der Waals surface area contributed by atoms with Crippen molar-refractivity contribution in [3.05, 3.63) is 16.1 Å². The zero-order valence-corrected chi connectivity index (χ0v) is 10.9. The van der Waals surface area contributed by atoms with E-state index in [1.165, 1.54) is 11.3 Å². The summed E-state index contributed by atoms with van der Waals surface area (Å²) in [5, 5.41) is 8.93. The van der Waals surface area contributed by atoms with Crippen LogP contribution in [0.1, 0.15) is 36.3 Å². The molecule has 0 amide bonds. The molecule has 0 saturated carbocycles. The van der Waals surface area contributed by atoms with Crippen molar-refractivity contribution in [1.29, 1.82) is 0 Å². The average molecular weight is 254 g/mol. The van der Waals surface area contributed by atoms with Gasteiger partial charge in [0.05, 0.1) is 17.6 Å². The normalized spacial score (nSPS) is 21.6. The van der Waals surface area contributed by atoms with Crippen LogP contribution in [-0.2, 0) is 11.3 Å². The molecule has 0 aliphatic carbocycles. The molecule has 1 fully saturated rings. The van der Waals surface area contributed by atoms with Crippen molar-refractivity contribution in [3.63, 3.8) is 0 Å². The van der Waals surface area contributed by atoms with Gasteiger partial charge < -0.3 is 5.11 Å². The van der Waals surface area contributed by atoms with Gasteiger partial charge in [0.15, 0.2) is 0 Å². The van der Waals surface area contributed by atoms with Gasteiger partial charge in [0.1, 0.15) is 0 Å². The van der Waals surface area contributed by atoms with Crippen LogP contribution in [0, 0.1) is 6.92 Å². The smallest absolute Gasteiger partial charge is 0.304 e. The molecule has 0 radical (unpaired) electrons. The molecule has 17 heavy (non-hydrogen) atoms. The van der Waals surface area contributed by atoms with Gasteiger partial charge in [-0.3, -0.25) is 9.69 Å². The van der Waals surface area contributed by atoms with Gasteiger partial charge in [0.25, 0.3) is 0 Å². The average Bonchev–Trinajstić information content (AvgIpc) is 2.67. The lowest BCUT2D eigenvalue weighted by molar-refractivity contribution is -0.138. The molecule has 1 aliphatic heterocycles. The second-order valence-electron chi connectivity index (χ2n) is 4.58. The van der Waals surface area contributed by atoms with Gasteiger partial charge in [-0.1, -0.05) is 6.42 Å². The third-order valence-corrected chi connectivity index (χ3v) is 4.27. The summed E-state index contributed by atoms with van der Waals surface area (Å²) in [6, 6.07) is 0.197. The standard InChI is InChI=1S/C12H18N2O2S/c1-9-11(17-8-13-9)7-14-5-3-2-4-10(14)6-12(15)16/h8,10H,2-7H2,1H3,(H,15,16). The first-order valence-electron chi connectivity index (χ1n) is 6.01. The predicted octanol–water partition coefficient (Wildman–Crippen LogP) is 2.28. The number of thiazole rings is 1. The summed E-state index contributed by atoms with van der Waals surface area (Å²) in [4.78, 5) is 18.7. The highest BCUT2D eigenvalue weighted by molar-refractivity contribution is 7.09. The molecule has 0 bridgehead atoms. The van der Waals surface area contributed by atoms with E-state index in [9.17, 15) is 4.79 Å². The van der Waals surface area contributed by atoms with Gasteiger partial charge in [-0.2, -0.15) is 0 Å². The largest absolute Gasteiger partial charge is 0.481 e. The minimum atomic E-state index is -0.692. The Bertz CT molecular complexity index is 392. The molecule has 4 nitrogen and oxygen atoms in total. The van der Waals surface area contributed by atoms with Gasteiger partial charge in [-0.05, 0) is 26.3 Å². The number of aryl methyl sites for hydroxylation is 1. The lowest BCUT2D eigenvalue weighted by atomic mass is 9.99. The van der Waals surface area contributed by atoms with E-state index in [0.29, 0.717) is 0 Å². The number of hydrogen-bond acceptors (Lipinski definition) is 4. The molecular formula is C12H18N2O2S. The van der Waals surface area contributed by atoms with Crippen molar-refractivity contribution in [2.24, 2.45) is 0 Å². The number of nitrogens with zero attached hydrogens (tertiary/aromatic N) is 2. The van der Waals surface area contributed by atoms with E-state index in [2.05, 4.69) is 9.88 Å². The van der Waals surface area contributed by atoms with Crippen LogP contribution >= 0.6 is 11.3 Å². The van der Waals surface area contributed by atoms with Crippen LogP contribution in [0.3, 0.4) is 0 Å². The Kier molecular flexibility index (Phi) is 4.12. The molecule has 1 N–H and O–H groups in total. The van der Waals surface area contributed by atoms with Crippen molar-refractivity contribution >= 4 is 17.3 Å². The first-order chi connectivity index (χ1) is 8.16. The minimum absolute atomic E-state index is 0.197. The fourth-order valence-electron chi connectivity index (χ4n) is 2.36. The van der Waals surface area contributed by atoms with Crippen molar-refractivity contribution in [2.75, 3.05) is 6.54 Å². The highest BCUT2D eigenvalue weighted by atomic mass is 32.1. The number of piperidine rings is 1. The number of aromatic nitrogens is 1. The summed E-state index contributed by atoms with van der Waals surface area (Å²) >= 11 is 1.66. The van der Waals surface area contributed by atoms with Crippen molar-refractivity contribution < 1.29 is 9.90 Å². The summed E-state index contributed by atoms with van der Waals surface area (Å²) < 4.78 is 0. The van der Waals surface area contributed by atoms with E-state index in [0.717, 1.165) is 31.6 Å². The first-order valence-corrected chi connectivity index (χ1v) is 6.89. The van der Waals surface area contributed by atoms with Crippen molar-refractivity contribution in [3.8, 4) is 0 Å². The Balaban J connectivity index is 2.01. The Hall–Kier alpha value is -0.940. The maximum atomic E-state index is 10.8. The monoisotopic (exact) mass is 254 g/mol. The summed E-state index contributed by atoms with van der Waals surface area (Å²) in [7, 11) is 0. The van der Waals surface area contributed by atoms with E-state index in [1.807, 2.05) is 12.4 Å².